The van der Waals surface area contributed by atoms with E-state index < -0.39 is 0 Å². The Kier molecular flexibility index (Phi) is 9.14. The van der Waals surface area contributed by atoms with E-state index in [2.05, 4.69) is 164 Å². The highest BCUT2D eigenvalue weighted by atomic mass is 16.3. The second-order valence-electron chi connectivity index (χ2n) is 15.1. The van der Waals surface area contributed by atoms with E-state index in [0.29, 0.717) is 17.5 Å². The Morgan fingerprint density at radius 3 is 1.21 bits per heavy atom. The van der Waals surface area contributed by atoms with Crippen LogP contribution in [0.1, 0.15) is 0 Å². The molecule has 2 heterocycles. The molecule has 0 unspecified atom stereocenters. The third-order valence-corrected chi connectivity index (χ3v) is 11.4. The van der Waals surface area contributed by atoms with Crippen LogP contribution >= 0.6 is 0 Å². The van der Waals surface area contributed by atoms with E-state index in [1.165, 1.54) is 27.8 Å². The average molecular weight is 780 g/mol. The predicted octanol–water partition coefficient (Wildman–Crippen LogP) is 15.1. The normalized spacial score (nSPS) is 11.3. The number of fused-ring (bicyclic) bond motifs is 3. The molecular weight excluding hydrogens is 743 g/mol. The minimum Gasteiger partial charge on any atom is -0.456 e. The molecule has 0 fully saturated rings. The minimum absolute atomic E-state index is 0.591. The molecule has 0 N–H and O–H groups in total. The maximum Gasteiger partial charge on any atom is 0.164 e. The molecule has 0 atom stereocenters. The van der Waals surface area contributed by atoms with Gasteiger partial charge >= 0.3 is 0 Å². The Morgan fingerprint density at radius 2 is 0.656 bits per heavy atom. The van der Waals surface area contributed by atoms with Crippen LogP contribution in [-0.4, -0.2) is 15.0 Å². The van der Waals surface area contributed by atoms with Crippen molar-refractivity contribution >= 4 is 21.9 Å². The third kappa shape index (κ3) is 6.67. The number of benzene rings is 9. The number of para-hydroxylation sites is 1. The van der Waals surface area contributed by atoms with E-state index in [0.717, 1.165) is 66.4 Å². The molecule has 9 aromatic carbocycles. The Hall–Kier alpha value is -8.21. The molecule has 0 bridgehead atoms. The summed E-state index contributed by atoms with van der Waals surface area (Å²) in [5.41, 5.74) is 15.9. The molecule has 286 valence electrons. The fourth-order valence-electron chi connectivity index (χ4n) is 8.56. The van der Waals surface area contributed by atoms with Gasteiger partial charge in [0, 0.05) is 27.5 Å². The van der Waals surface area contributed by atoms with E-state index >= 15 is 0 Å². The summed E-state index contributed by atoms with van der Waals surface area (Å²) in [6.07, 6.45) is 0. The van der Waals surface area contributed by atoms with Gasteiger partial charge in [-0.15, -0.1) is 0 Å². The molecule has 11 aromatic rings. The Bertz CT molecular complexity index is 3310. The molecule has 4 heteroatoms. The largest absolute Gasteiger partial charge is 0.456 e. The first-order chi connectivity index (χ1) is 30.3. The fourth-order valence-corrected chi connectivity index (χ4v) is 8.56. The first-order valence-electron chi connectivity index (χ1n) is 20.5. The zero-order valence-corrected chi connectivity index (χ0v) is 33.1. The molecule has 0 aliphatic rings. The van der Waals surface area contributed by atoms with Crippen LogP contribution in [-0.2, 0) is 0 Å². The van der Waals surface area contributed by atoms with E-state index in [-0.39, 0.29) is 0 Å². The molecule has 2 aromatic heterocycles. The van der Waals surface area contributed by atoms with Gasteiger partial charge in [0.2, 0.25) is 0 Å². The van der Waals surface area contributed by atoms with Crippen molar-refractivity contribution in [3.8, 4) is 89.8 Å². The molecule has 11 rings (SSSR count). The maximum absolute atomic E-state index is 6.28. The monoisotopic (exact) mass is 779 g/mol. The second-order valence-corrected chi connectivity index (χ2v) is 15.1. The van der Waals surface area contributed by atoms with E-state index in [1.807, 2.05) is 60.7 Å². The lowest BCUT2D eigenvalue weighted by Gasteiger charge is -2.24. The second kappa shape index (κ2) is 15.5. The number of nitrogens with zero attached hydrogens (tertiary/aromatic N) is 3. The van der Waals surface area contributed by atoms with Gasteiger partial charge in [-0.1, -0.05) is 206 Å². The summed E-state index contributed by atoms with van der Waals surface area (Å²) in [6.45, 7) is 0. The van der Waals surface area contributed by atoms with E-state index in [1.54, 1.807) is 0 Å². The summed E-state index contributed by atoms with van der Waals surface area (Å²) in [7, 11) is 0. The Labute approximate surface area is 354 Å². The third-order valence-electron chi connectivity index (χ3n) is 11.4. The van der Waals surface area contributed by atoms with Gasteiger partial charge in [-0.25, -0.2) is 15.0 Å². The Morgan fingerprint density at radius 1 is 0.262 bits per heavy atom. The van der Waals surface area contributed by atoms with Crippen molar-refractivity contribution in [3.05, 3.63) is 224 Å². The topological polar surface area (TPSA) is 51.8 Å². The van der Waals surface area contributed by atoms with Crippen molar-refractivity contribution in [2.45, 2.75) is 0 Å². The highest BCUT2D eigenvalue weighted by molar-refractivity contribution is 6.12. The number of rotatable bonds is 8. The van der Waals surface area contributed by atoms with E-state index in [9.17, 15) is 0 Å². The van der Waals surface area contributed by atoms with Crippen LogP contribution in [0.15, 0.2) is 229 Å². The molecule has 4 nitrogen and oxygen atoms in total. The van der Waals surface area contributed by atoms with E-state index in [4.69, 9.17) is 19.4 Å². The van der Waals surface area contributed by atoms with Gasteiger partial charge in [-0.2, -0.15) is 0 Å². The number of hydrogen-bond acceptors (Lipinski definition) is 4. The highest BCUT2D eigenvalue weighted by Gasteiger charge is 2.24. The van der Waals surface area contributed by atoms with Gasteiger partial charge in [0.05, 0.1) is 0 Å². The van der Waals surface area contributed by atoms with Crippen LogP contribution < -0.4 is 0 Å². The molecule has 0 aliphatic heterocycles. The van der Waals surface area contributed by atoms with Gasteiger partial charge in [-0.05, 0) is 73.8 Å². The van der Waals surface area contributed by atoms with Crippen LogP contribution in [0.5, 0.6) is 0 Å². The molecule has 0 saturated carbocycles. The smallest absolute Gasteiger partial charge is 0.164 e. The highest BCUT2D eigenvalue weighted by Crippen LogP contribution is 2.50. The lowest BCUT2D eigenvalue weighted by Crippen LogP contribution is -2.00. The lowest BCUT2D eigenvalue weighted by atomic mass is 9.79. The van der Waals surface area contributed by atoms with Crippen molar-refractivity contribution in [2.75, 3.05) is 0 Å². The van der Waals surface area contributed by atoms with Crippen molar-refractivity contribution in [1.82, 2.24) is 15.0 Å². The minimum atomic E-state index is 0.591. The standard InChI is InChI=1S/C57H37N3O/c1-6-19-38(20-7-1)47-37-48(52(41-23-10-3-11-24-41)53(42-25-12-4-13-26-42)51(47)40-21-8-2-9-22-40)39-33-35-44(36-34-39)56-58-55(43-27-14-5-15-28-43)59-57(60-56)46-30-18-32-50-54(46)45-29-16-17-31-49(45)61-50/h1-37H. The molecule has 0 saturated heterocycles. The van der Waals surface area contributed by atoms with Crippen LogP contribution in [0, 0.1) is 0 Å². The molecule has 61 heavy (non-hydrogen) atoms. The zero-order valence-electron chi connectivity index (χ0n) is 33.1. The fraction of sp³-hybridized carbons (Fsp3) is 0. The number of furan rings is 1. The molecular formula is C57H37N3O. The summed E-state index contributed by atoms with van der Waals surface area (Å²) in [6, 6.07) is 78.5. The van der Waals surface area contributed by atoms with Gasteiger partial charge < -0.3 is 4.42 Å². The van der Waals surface area contributed by atoms with Gasteiger partial charge in [0.1, 0.15) is 11.2 Å². The molecule has 0 radical (unpaired) electrons. The number of aromatic nitrogens is 3. The summed E-state index contributed by atoms with van der Waals surface area (Å²) in [4.78, 5) is 15.4. The van der Waals surface area contributed by atoms with Crippen molar-refractivity contribution in [3.63, 3.8) is 0 Å². The summed E-state index contributed by atoms with van der Waals surface area (Å²) in [5, 5.41) is 2.01. The summed E-state index contributed by atoms with van der Waals surface area (Å²) < 4.78 is 6.28. The maximum atomic E-state index is 6.28. The van der Waals surface area contributed by atoms with Gasteiger partial charge in [-0.3, -0.25) is 0 Å². The van der Waals surface area contributed by atoms with Crippen molar-refractivity contribution in [1.29, 1.82) is 0 Å². The predicted molar refractivity (Wildman–Crippen MR) is 251 cm³/mol. The first kappa shape index (κ1) is 35.9. The summed E-state index contributed by atoms with van der Waals surface area (Å²) >= 11 is 0. The van der Waals surface area contributed by atoms with Crippen LogP contribution in [0.25, 0.3) is 112 Å². The van der Waals surface area contributed by atoms with Crippen molar-refractivity contribution < 1.29 is 4.42 Å². The van der Waals surface area contributed by atoms with Crippen LogP contribution in [0.4, 0.5) is 0 Å². The van der Waals surface area contributed by atoms with Crippen LogP contribution in [0.3, 0.4) is 0 Å². The summed E-state index contributed by atoms with van der Waals surface area (Å²) in [5.74, 6) is 1.79. The van der Waals surface area contributed by atoms with Crippen LogP contribution in [0.2, 0.25) is 0 Å². The van der Waals surface area contributed by atoms with Crippen molar-refractivity contribution in [2.24, 2.45) is 0 Å². The van der Waals surface area contributed by atoms with Gasteiger partial charge in [0.15, 0.2) is 17.5 Å². The quantitative estimate of drug-likeness (QED) is 0.154. The SMILES string of the molecule is c1ccc(-c2nc(-c3ccc(-c4cc(-c5ccccc5)c(-c5ccccc5)c(-c5ccccc5)c4-c4ccccc4)cc3)nc(-c3cccc4oc5ccccc5c34)n2)cc1. The molecule has 0 spiro atoms. The molecule has 0 amide bonds. The van der Waals surface area contributed by atoms with Gasteiger partial charge in [0.25, 0.3) is 0 Å². The first-order valence-corrected chi connectivity index (χ1v) is 20.5. The number of hydrogen-bond donors (Lipinski definition) is 0. The zero-order chi connectivity index (χ0) is 40.5. The lowest BCUT2D eigenvalue weighted by molar-refractivity contribution is 0.669. The Balaban J connectivity index is 1.14. The average Bonchev–Trinajstić information content (AvgIpc) is 3.74. The molecule has 0 aliphatic carbocycles.